The molecule has 0 aliphatic heterocycles. The normalized spacial score (nSPS) is 10.4. The predicted octanol–water partition coefficient (Wildman–Crippen LogP) is 2.37. The molecule has 0 saturated heterocycles. The first-order valence-electron chi connectivity index (χ1n) is 4.16. The van der Waals surface area contributed by atoms with E-state index in [1.165, 1.54) is 12.3 Å². The molecule has 1 heterocycles. The zero-order valence-electron chi connectivity index (χ0n) is 7.62. The van der Waals surface area contributed by atoms with Gasteiger partial charge in [0, 0.05) is 5.56 Å². The van der Waals surface area contributed by atoms with Crippen LogP contribution in [0.3, 0.4) is 0 Å². The van der Waals surface area contributed by atoms with Crippen molar-refractivity contribution in [2.45, 2.75) is 6.92 Å². The van der Waals surface area contributed by atoms with Gasteiger partial charge in [-0.15, -0.1) is 0 Å². The van der Waals surface area contributed by atoms with E-state index in [2.05, 4.69) is 5.16 Å². The zero-order chi connectivity index (χ0) is 10.1. The summed E-state index contributed by atoms with van der Waals surface area (Å²) in [7, 11) is 0. The van der Waals surface area contributed by atoms with Crippen LogP contribution >= 0.6 is 0 Å². The molecule has 4 heteroatoms. The van der Waals surface area contributed by atoms with Gasteiger partial charge >= 0.3 is 0 Å². The number of benzene rings is 1. The molecule has 3 nitrogen and oxygen atoms in total. The van der Waals surface area contributed by atoms with Gasteiger partial charge in [0.05, 0.1) is 6.20 Å². The number of hydrogen-bond donors (Lipinski definition) is 1. The SMILES string of the molecule is Cc1c(F)cccc1-c1oncc1N. The minimum atomic E-state index is -0.279. The first-order valence-corrected chi connectivity index (χ1v) is 4.16. The number of halogens is 1. The van der Waals surface area contributed by atoms with Gasteiger partial charge in [-0.2, -0.15) is 0 Å². The van der Waals surface area contributed by atoms with Gasteiger partial charge in [-0.25, -0.2) is 4.39 Å². The molecule has 0 amide bonds. The molecule has 0 spiro atoms. The highest BCUT2D eigenvalue weighted by Crippen LogP contribution is 2.29. The van der Waals surface area contributed by atoms with Crippen molar-refractivity contribution in [3.63, 3.8) is 0 Å². The largest absolute Gasteiger partial charge is 0.394 e. The van der Waals surface area contributed by atoms with Crippen molar-refractivity contribution in [2.24, 2.45) is 0 Å². The van der Waals surface area contributed by atoms with Crippen LogP contribution in [0.4, 0.5) is 10.1 Å². The van der Waals surface area contributed by atoms with E-state index in [1.807, 2.05) is 0 Å². The van der Waals surface area contributed by atoms with Gasteiger partial charge in [-0.05, 0) is 18.6 Å². The predicted molar refractivity (Wildman–Crippen MR) is 51.0 cm³/mol. The Labute approximate surface area is 80.3 Å². The molecular formula is C10H9FN2O. The smallest absolute Gasteiger partial charge is 0.190 e. The molecule has 2 rings (SSSR count). The lowest BCUT2D eigenvalue weighted by atomic mass is 10.1. The van der Waals surface area contributed by atoms with Crippen molar-refractivity contribution in [1.29, 1.82) is 0 Å². The summed E-state index contributed by atoms with van der Waals surface area (Å²) in [6, 6.07) is 4.75. The van der Waals surface area contributed by atoms with Crippen LogP contribution < -0.4 is 5.73 Å². The number of nitrogens with two attached hydrogens (primary N) is 1. The first-order chi connectivity index (χ1) is 6.70. The van der Waals surface area contributed by atoms with E-state index in [-0.39, 0.29) is 5.82 Å². The van der Waals surface area contributed by atoms with Gasteiger partial charge in [0.2, 0.25) is 0 Å². The summed E-state index contributed by atoms with van der Waals surface area (Å²) in [5, 5.41) is 3.55. The Morgan fingerprint density at radius 1 is 1.43 bits per heavy atom. The van der Waals surface area contributed by atoms with E-state index in [9.17, 15) is 4.39 Å². The van der Waals surface area contributed by atoms with Crippen molar-refractivity contribution in [2.75, 3.05) is 5.73 Å². The Kier molecular flexibility index (Phi) is 1.96. The third-order valence-corrected chi connectivity index (χ3v) is 2.11. The molecule has 0 radical (unpaired) electrons. The van der Waals surface area contributed by atoms with Gasteiger partial charge in [-0.1, -0.05) is 17.3 Å². The van der Waals surface area contributed by atoms with Crippen LogP contribution in [0.5, 0.6) is 0 Å². The average molecular weight is 192 g/mol. The molecule has 0 aliphatic carbocycles. The lowest BCUT2D eigenvalue weighted by molar-refractivity contribution is 0.432. The first kappa shape index (κ1) is 8.74. The number of nitrogen functional groups attached to an aromatic ring is 1. The Bertz CT molecular complexity index is 465. The molecule has 0 saturated carbocycles. The fourth-order valence-electron chi connectivity index (χ4n) is 1.31. The highest BCUT2D eigenvalue weighted by molar-refractivity contribution is 5.72. The Hall–Kier alpha value is -1.84. The molecule has 14 heavy (non-hydrogen) atoms. The van der Waals surface area contributed by atoms with E-state index >= 15 is 0 Å². The zero-order valence-corrected chi connectivity index (χ0v) is 7.62. The fraction of sp³-hybridized carbons (Fsp3) is 0.100. The summed E-state index contributed by atoms with van der Waals surface area (Å²) in [5.74, 6) is 0.139. The fourth-order valence-corrected chi connectivity index (χ4v) is 1.31. The van der Waals surface area contributed by atoms with Crippen LogP contribution in [0.25, 0.3) is 11.3 Å². The number of rotatable bonds is 1. The highest BCUT2D eigenvalue weighted by atomic mass is 19.1. The average Bonchev–Trinajstić information content (AvgIpc) is 2.57. The Balaban J connectivity index is 2.63. The minimum absolute atomic E-state index is 0.279. The molecule has 0 bridgehead atoms. The second kappa shape index (κ2) is 3.14. The molecule has 0 aliphatic rings. The topological polar surface area (TPSA) is 52.0 Å². The Morgan fingerprint density at radius 3 is 2.86 bits per heavy atom. The number of aromatic nitrogens is 1. The number of hydrogen-bond acceptors (Lipinski definition) is 3. The maximum atomic E-state index is 13.2. The van der Waals surface area contributed by atoms with E-state index < -0.39 is 0 Å². The Morgan fingerprint density at radius 2 is 2.21 bits per heavy atom. The van der Waals surface area contributed by atoms with Crippen molar-refractivity contribution in [1.82, 2.24) is 5.16 Å². The third-order valence-electron chi connectivity index (χ3n) is 2.11. The second-order valence-electron chi connectivity index (χ2n) is 3.02. The summed E-state index contributed by atoms with van der Waals surface area (Å²) in [4.78, 5) is 0. The van der Waals surface area contributed by atoms with Crippen LogP contribution in [0.15, 0.2) is 28.9 Å². The quantitative estimate of drug-likeness (QED) is 0.754. The van der Waals surface area contributed by atoms with Crippen LogP contribution in [-0.2, 0) is 0 Å². The summed E-state index contributed by atoms with van der Waals surface area (Å²) in [6.07, 6.45) is 1.40. The molecule has 0 unspecified atom stereocenters. The monoisotopic (exact) mass is 192 g/mol. The molecular weight excluding hydrogens is 183 g/mol. The van der Waals surface area contributed by atoms with Gasteiger partial charge in [0.15, 0.2) is 5.76 Å². The highest BCUT2D eigenvalue weighted by Gasteiger charge is 2.12. The van der Waals surface area contributed by atoms with Crippen molar-refractivity contribution in [3.05, 3.63) is 35.8 Å². The van der Waals surface area contributed by atoms with Crippen LogP contribution in [0.1, 0.15) is 5.56 Å². The van der Waals surface area contributed by atoms with Gasteiger partial charge in [0.25, 0.3) is 0 Å². The number of nitrogens with zero attached hydrogens (tertiary/aromatic N) is 1. The molecule has 0 fully saturated rings. The van der Waals surface area contributed by atoms with E-state index in [1.54, 1.807) is 19.1 Å². The van der Waals surface area contributed by atoms with E-state index in [4.69, 9.17) is 10.3 Å². The molecule has 2 aromatic rings. The van der Waals surface area contributed by atoms with Gasteiger partial charge < -0.3 is 10.3 Å². The summed E-state index contributed by atoms with van der Waals surface area (Å²) in [5.41, 5.74) is 7.18. The van der Waals surface area contributed by atoms with Crippen molar-refractivity contribution < 1.29 is 8.91 Å². The molecule has 72 valence electrons. The second-order valence-corrected chi connectivity index (χ2v) is 3.02. The van der Waals surface area contributed by atoms with Crippen molar-refractivity contribution in [3.8, 4) is 11.3 Å². The van der Waals surface area contributed by atoms with Crippen LogP contribution in [-0.4, -0.2) is 5.16 Å². The summed E-state index contributed by atoms with van der Waals surface area (Å²) in [6.45, 7) is 1.67. The summed E-state index contributed by atoms with van der Waals surface area (Å²) < 4.78 is 18.1. The lowest BCUT2D eigenvalue weighted by Crippen LogP contribution is -1.90. The minimum Gasteiger partial charge on any atom is -0.394 e. The lowest BCUT2D eigenvalue weighted by Gasteiger charge is -2.02. The van der Waals surface area contributed by atoms with Crippen LogP contribution in [0, 0.1) is 12.7 Å². The van der Waals surface area contributed by atoms with Gasteiger partial charge in [0.1, 0.15) is 11.5 Å². The maximum absolute atomic E-state index is 13.2. The van der Waals surface area contributed by atoms with Crippen LogP contribution in [0.2, 0.25) is 0 Å². The standard InChI is InChI=1S/C10H9FN2O/c1-6-7(3-2-4-8(6)11)10-9(12)5-13-14-10/h2-5H,12H2,1H3. The van der Waals surface area contributed by atoms with E-state index in [0.29, 0.717) is 22.6 Å². The molecule has 2 N–H and O–H groups in total. The molecule has 1 aromatic carbocycles. The van der Waals surface area contributed by atoms with Gasteiger partial charge in [-0.3, -0.25) is 0 Å². The summed E-state index contributed by atoms with van der Waals surface area (Å²) >= 11 is 0. The van der Waals surface area contributed by atoms with E-state index in [0.717, 1.165) is 0 Å². The maximum Gasteiger partial charge on any atom is 0.190 e. The third kappa shape index (κ3) is 1.25. The molecule has 0 atom stereocenters. The van der Waals surface area contributed by atoms with Crippen molar-refractivity contribution >= 4 is 5.69 Å². The number of anilines is 1. The molecule has 1 aromatic heterocycles.